The van der Waals surface area contributed by atoms with Crippen molar-refractivity contribution >= 4 is 90.3 Å². The number of fused-ring (bicyclic) bond motifs is 4. The number of oxazole rings is 4. The van der Waals surface area contributed by atoms with E-state index in [2.05, 4.69) is 282 Å². The quantitative estimate of drug-likeness (QED) is 0.104. The third kappa shape index (κ3) is 14.3. The molecule has 12 heterocycles. The molecule has 110 heavy (non-hydrogen) atoms. The van der Waals surface area contributed by atoms with E-state index in [0.29, 0.717) is 11.4 Å². The van der Waals surface area contributed by atoms with Gasteiger partial charge in [-0.25, -0.2) is 9.97 Å². The number of rotatable bonds is 13. The summed E-state index contributed by atoms with van der Waals surface area (Å²) in [5.41, 5.74) is 35.3. The average molecular weight is 1510 g/mol. The Balaban J connectivity index is 0.000000104. The summed E-state index contributed by atoms with van der Waals surface area (Å²) in [6, 6.07) is 92.2. The minimum Gasteiger partial charge on any atom is -0.419 e. The molecule has 0 atom stereocenters. The van der Waals surface area contributed by atoms with Gasteiger partial charge in [0.15, 0.2) is 24.8 Å². The van der Waals surface area contributed by atoms with Crippen LogP contribution in [-0.4, -0.2) is 19.9 Å². The Kier molecular flexibility index (Phi) is 19.2. The van der Waals surface area contributed by atoms with Gasteiger partial charge in [-0.05, 0) is 120 Å². The first-order chi connectivity index (χ1) is 54.5. The summed E-state index contributed by atoms with van der Waals surface area (Å²) in [4.78, 5) is 17.2. The fourth-order valence-corrected chi connectivity index (χ4v) is 15.7. The molecule has 21 aromatic rings. The molecule has 0 saturated carbocycles. The van der Waals surface area contributed by atoms with Gasteiger partial charge in [-0.3, -0.25) is 0 Å². The SMILES string of the molecule is c1cc(-[n+]2coc3cccnc32)cc(-[n+]2coc3cccnc32)c1.c1cc(-[n+]2coc3ncccc32)cc(-[n+]2coc3ncccc32)c1.c1ccc(-c2ccc(-c3cc(-[n+]4ccsc4)cc(-[n+]4ccsc4)c3)cc2)cc1.c1ccc(-c2cccc(-c3ccccc3)c2-c2cc(-[n+]3ccsc3)cc(-[n+]3ccsc3)c2)cc1. The van der Waals surface area contributed by atoms with Crippen LogP contribution in [0.3, 0.4) is 0 Å². The number of pyridine rings is 4. The molecule has 16 nitrogen and oxygen atoms in total. The minimum absolute atomic E-state index is 0.605. The van der Waals surface area contributed by atoms with Crippen LogP contribution >= 0.6 is 45.3 Å². The molecule has 524 valence electrons. The second-order valence-electron chi connectivity index (χ2n) is 25.3. The summed E-state index contributed by atoms with van der Waals surface area (Å²) in [6.07, 6.45) is 22.0. The van der Waals surface area contributed by atoms with E-state index in [4.69, 9.17) is 17.7 Å². The maximum atomic E-state index is 5.57. The van der Waals surface area contributed by atoms with Gasteiger partial charge in [-0.2, -0.15) is 27.4 Å². The predicted molar refractivity (Wildman–Crippen MR) is 427 cm³/mol. The van der Waals surface area contributed by atoms with Crippen LogP contribution in [0.2, 0.25) is 0 Å². The highest BCUT2D eigenvalue weighted by atomic mass is 32.1. The minimum atomic E-state index is 0.605. The fourth-order valence-electron chi connectivity index (χ4n) is 13.3. The smallest absolute Gasteiger partial charge is 0.373 e. The molecule has 0 spiro atoms. The van der Waals surface area contributed by atoms with E-state index < -0.39 is 0 Å². The van der Waals surface area contributed by atoms with E-state index in [0.717, 1.165) is 67.6 Å². The average Bonchev–Trinajstić information content (AvgIpc) is 0.981. The molecule has 0 saturated heterocycles. The lowest BCUT2D eigenvalue weighted by molar-refractivity contribution is -0.599. The molecular weight excluding hydrogens is 1440 g/mol. The van der Waals surface area contributed by atoms with Gasteiger partial charge >= 0.3 is 24.1 Å². The van der Waals surface area contributed by atoms with Gasteiger partial charge in [0.05, 0.1) is 39.7 Å². The van der Waals surface area contributed by atoms with Crippen molar-refractivity contribution in [1.29, 1.82) is 0 Å². The molecule has 0 radical (unpaired) electrons. The fraction of sp³-hybridized carbons (Fsp3) is 0. The molecule has 12 aromatic heterocycles. The molecule has 9 aromatic carbocycles. The van der Waals surface area contributed by atoms with Crippen molar-refractivity contribution < 1.29 is 54.2 Å². The van der Waals surface area contributed by atoms with Crippen LogP contribution < -0.4 is 36.5 Å². The molecule has 0 amide bonds. The first-order valence-corrected chi connectivity index (χ1v) is 38.9. The number of thiazole rings is 4. The first-order valence-electron chi connectivity index (χ1n) is 35.2. The Labute approximate surface area is 646 Å². The Hall–Kier alpha value is -14.0. The molecule has 0 aliphatic carbocycles. The molecule has 0 aliphatic heterocycles. The van der Waals surface area contributed by atoms with Gasteiger partial charge in [-0.15, -0.1) is 9.13 Å². The zero-order valence-corrected chi connectivity index (χ0v) is 61.8. The Bertz CT molecular complexity index is 6140. The highest BCUT2D eigenvalue weighted by Gasteiger charge is 2.26. The van der Waals surface area contributed by atoms with Gasteiger partial charge in [0.1, 0.15) is 23.8 Å². The van der Waals surface area contributed by atoms with E-state index in [-0.39, 0.29) is 0 Å². The maximum absolute atomic E-state index is 5.57. The van der Waals surface area contributed by atoms with Crippen LogP contribution in [0.4, 0.5) is 0 Å². The van der Waals surface area contributed by atoms with Crippen LogP contribution in [0.15, 0.2) is 403 Å². The van der Waals surface area contributed by atoms with Crippen molar-refractivity contribution in [3.8, 4) is 101 Å². The normalized spacial score (nSPS) is 11.1. The van der Waals surface area contributed by atoms with Crippen LogP contribution in [0.1, 0.15) is 0 Å². The zero-order valence-electron chi connectivity index (χ0n) is 58.6. The van der Waals surface area contributed by atoms with Crippen molar-refractivity contribution in [2.45, 2.75) is 0 Å². The lowest BCUT2D eigenvalue weighted by Gasteiger charge is -2.16. The lowest BCUT2D eigenvalue weighted by atomic mass is 9.87. The standard InChI is InChI=1S/C30H22N2S2.C24H18N2S2.2C18H12N4O2/c1-3-8-23(9-4-1)28-12-7-13-29(24-10-5-2-6-11-24)30(28)25-18-26(31-14-16-33-21-31)20-27(19-25)32-15-17-34-22-32;1-2-4-19(5-3-1)20-6-8-21(9-7-20)22-14-23(25-10-12-27-17-25)16-24(15-22)26-11-13-28-18-26;1-4-13(21-11-23-15-6-2-8-19-17(15)21)10-14(5-1)22-12-24-16-7-3-9-20-18(16)22;1-4-13(21-11-23-17-15(21)6-2-8-19-17)10-14(5-1)22-12-24-18-16(22)7-3-9-20-18/h1-22H;1-18H;2*1-12H/q4*+2. The topological polar surface area (TPSA) is 135 Å². The lowest BCUT2D eigenvalue weighted by Crippen LogP contribution is -2.32. The summed E-state index contributed by atoms with van der Waals surface area (Å²) in [5, 5.41) is 8.41. The number of nitrogens with zero attached hydrogens (tertiary/aromatic N) is 12. The molecule has 0 aliphatic rings. The van der Waals surface area contributed by atoms with Gasteiger partial charge in [0, 0.05) is 67.0 Å². The van der Waals surface area contributed by atoms with Gasteiger partial charge < -0.3 is 17.7 Å². The van der Waals surface area contributed by atoms with Crippen molar-refractivity contribution in [2.75, 3.05) is 0 Å². The van der Waals surface area contributed by atoms with Crippen LogP contribution in [0, 0.1) is 0 Å². The largest absolute Gasteiger partial charge is 0.419 e. The van der Waals surface area contributed by atoms with Gasteiger partial charge in [-0.1, -0.05) is 185 Å². The molecule has 21 rings (SSSR count). The molecular formula is C90H64N12O4S4+8. The highest BCUT2D eigenvalue weighted by molar-refractivity contribution is 7.07. The third-order valence-corrected chi connectivity index (χ3v) is 21.1. The predicted octanol–water partition coefficient (Wildman–Crippen LogP) is 18.1. The van der Waals surface area contributed by atoms with Gasteiger partial charge in [0.25, 0.3) is 35.2 Å². The van der Waals surface area contributed by atoms with Gasteiger partial charge in [0.2, 0.25) is 67.3 Å². The third-order valence-electron chi connectivity index (χ3n) is 18.6. The summed E-state index contributed by atoms with van der Waals surface area (Å²) in [7, 11) is 0. The van der Waals surface area contributed by atoms with Crippen LogP contribution in [0.5, 0.6) is 0 Å². The van der Waals surface area contributed by atoms with Crippen LogP contribution in [-0.2, 0) is 0 Å². The Morgan fingerprint density at radius 3 is 0.991 bits per heavy atom. The first kappa shape index (κ1) is 67.8. The van der Waals surface area contributed by atoms with E-state index in [1.54, 1.807) is 95.7 Å². The zero-order chi connectivity index (χ0) is 73.4. The summed E-state index contributed by atoms with van der Waals surface area (Å²) < 4.78 is 38.7. The van der Waals surface area contributed by atoms with E-state index in [1.807, 2.05) is 109 Å². The molecule has 0 N–H and O–H groups in total. The molecule has 0 unspecified atom stereocenters. The van der Waals surface area contributed by atoms with E-state index in [9.17, 15) is 0 Å². The number of hydrogen-bond donors (Lipinski definition) is 0. The molecule has 0 fully saturated rings. The molecule has 20 heteroatoms. The number of hydrogen-bond acceptors (Lipinski definition) is 12. The molecule has 0 bridgehead atoms. The Morgan fingerprint density at radius 2 is 0.582 bits per heavy atom. The second-order valence-corrected chi connectivity index (χ2v) is 28.4. The summed E-state index contributed by atoms with van der Waals surface area (Å²) in [5.74, 6) is 0. The van der Waals surface area contributed by atoms with Crippen molar-refractivity contribution in [2.24, 2.45) is 0 Å². The van der Waals surface area contributed by atoms with Crippen molar-refractivity contribution in [1.82, 2.24) is 19.9 Å². The van der Waals surface area contributed by atoms with E-state index in [1.165, 1.54) is 67.0 Å². The van der Waals surface area contributed by atoms with Crippen molar-refractivity contribution in [3.63, 3.8) is 0 Å². The Morgan fingerprint density at radius 1 is 0.245 bits per heavy atom. The second kappa shape index (κ2) is 31.2. The summed E-state index contributed by atoms with van der Waals surface area (Å²) >= 11 is 6.79. The summed E-state index contributed by atoms with van der Waals surface area (Å²) in [6.45, 7) is 0. The maximum Gasteiger partial charge on any atom is 0.373 e. The monoisotopic (exact) mass is 1500 g/mol. The van der Waals surface area contributed by atoms with Crippen molar-refractivity contribution in [3.05, 3.63) is 386 Å². The number of aromatic nitrogens is 12. The van der Waals surface area contributed by atoms with Crippen LogP contribution in [0.25, 0.3) is 146 Å². The van der Waals surface area contributed by atoms with E-state index >= 15 is 0 Å². The highest BCUT2D eigenvalue weighted by Crippen LogP contribution is 2.41. The number of benzene rings is 9.